The number of hydrogen-bond acceptors (Lipinski definition) is 4. The van der Waals surface area contributed by atoms with E-state index in [0.717, 1.165) is 12.1 Å². The molecule has 0 bridgehead atoms. The zero-order chi connectivity index (χ0) is 16.3. The van der Waals surface area contributed by atoms with Crippen LogP contribution in [0, 0.1) is 11.3 Å². The van der Waals surface area contributed by atoms with Gasteiger partial charge in [-0.25, -0.2) is 0 Å². The van der Waals surface area contributed by atoms with Crippen molar-refractivity contribution in [2.45, 2.75) is 33.4 Å². The van der Waals surface area contributed by atoms with Crippen LogP contribution < -0.4 is 5.32 Å². The molecule has 21 heavy (non-hydrogen) atoms. The Bertz CT molecular complexity index is 481. The Balaban J connectivity index is 2.66. The minimum atomic E-state index is -4.54. The van der Waals surface area contributed by atoms with Crippen LogP contribution in [0.3, 0.4) is 0 Å². The molecule has 0 aliphatic rings. The van der Waals surface area contributed by atoms with E-state index in [2.05, 4.69) is 15.5 Å². The van der Waals surface area contributed by atoms with Gasteiger partial charge in [0.05, 0.1) is 5.92 Å². The molecule has 0 amide bonds. The number of halogens is 3. The maximum absolute atomic E-state index is 12.3. The van der Waals surface area contributed by atoms with Gasteiger partial charge in [0.2, 0.25) is 0 Å². The molecule has 1 aromatic heterocycles. The van der Waals surface area contributed by atoms with E-state index in [1.807, 2.05) is 20.8 Å². The number of aromatic nitrogens is 2. The second-order valence-electron chi connectivity index (χ2n) is 5.98. The van der Waals surface area contributed by atoms with Crippen molar-refractivity contribution in [1.82, 2.24) is 10.2 Å². The molecular weight excluding hydrogens is 287 g/mol. The van der Waals surface area contributed by atoms with Gasteiger partial charge in [-0.15, -0.1) is 10.2 Å². The number of carboxylic acids is 1. The van der Waals surface area contributed by atoms with E-state index in [0.29, 0.717) is 6.42 Å². The quantitative estimate of drug-likeness (QED) is 0.874. The minimum Gasteiger partial charge on any atom is -0.481 e. The van der Waals surface area contributed by atoms with Crippen molar-refractivity contribution >= 4 is 11.8 Å². The lowest BCUT2D eigenvalue weighted by Gasteiger charge is -2.23. The van der Waals surface area contributed by atoms with Gasteiger partial charge in [-0.3, -0.25) is 4.79 Å². The first-order valence-corrected chi connectivity index (χ1v) is 6.36. The van der Waals surface area contributed by atoms with Crippen molar-refractivity contribution in [2.24, 2.45) is 11.3 Å². The molecule has 8 heteroatoms. The molecule has 0 saturated carbocycles. The van der Waals surface area contributed by atoms with E-state index < -0.39 is 23.8 Å². The maximum Gasteiger partial charge on any atom is 0.435 e. The normalized spacial score (nSPS) is 13.8. The lowest BCUT2D eigenvalue weighted by atomic mass is 9.84. The molecule has 1 rings (SSSR count). The summed E-state index contributed by atoms with van der Waals surface area (Å²) in [4.78, 5) is 11.2. The molecule has 1 unspecified atom stereocenters. The monoisotopic (exact) mass is 305 g/mol. The molecule has 0 radical (unpaired) electrons. The van der Waals surface area contributed by atoms with E-state index in [9.17, 15) is 18.0 Å². The molecule has 0 aliphatic heterocycles. The molecule has 5 nitrogen and oxygen atoms in total. The second-order valence-corrected chi connectivity index (χ2v) is 5.98. The standard InChI is InChI=1S/C13H18F3N3O2/c1-12(2,3)6-8(11(20)21)7-17-10-5-4-9(18-19-10)13(14,15)16/h4-5,8H,6-7H2,1-3H3,(H,17,19)(H,20,21). The first kappa shape index (κ1) is 17.2. The first-order valence-electron chi connectivity index (χ1n) is 6.36. The van der Waals surface area contributed by atoms with Gasteiger partial charge < -0.3 is 10.4 Å². The van der Waals surface area contributed by atoms with Crippen molar-refractivity contribution in [3.63, 3.8) is 0 Å². The summed E-state index contributed by atoms with van der Waals surface area (Å²) in [5.74, 6) is -1.51. The summed E-state index contributed by atoms with van der Waals surface area (Å²) in [6.45, 7) is 5.83. The van der Waals surface area contributed by atoms with Crippen LogP contribution in [0.1, 0.15) is 32.9 Å². The Hall–Kier alpha value is -1.86. The van der Waals surface area contributed by atoms with Crippen LogP contribution in [0.25, 0.3) is 0 Å². The van der Waals surface area contributed by atoms with E-state index in [1.165, 1.54) is 0 Å². The number of hydrogen-bond donors (Lipinski definition) is 2. The molecule has 0 saturated heterocycles. The zero-order valence-corrected chi connectivity index (χ0v) is 12.0. The molecule has 0 aliphatic carbocycles. The van der Waals surface area contributed by atoms with E-state index >= 15 is 0 Å². The van der Waals surface area contributed by atoms with Crippen molar-refractivity contribution < 1.29 is 23.1 Å². The van der Waals surface area contributed by atoms with Crippen molar-refractivity contribution in [1.29, 1.82) is 0 Å². The van der Waals surface area contributed by atoms with E-state index in [4.69, 9.17) is 5.11 Å². The number of anilines is 1. The lowest BCUT2D eigenvalue weighted by Crippen LogP contribution is -2.27. The number of aliphatic carboxylic acids is 1. The Labute approximate surface area is 120 Å². The Kier molecular flexibility index (Phi) is 5.14. The zero-order valence-electron chi connectivity index (χ0n) is 12.0. The predicted octanol–water partition coefficient (Wildman–Crippen LogP) is 3.04. The van der Waals surface area contributed by atoms with Crippen LogP contribution in [0.4, 0.5) is 19.0 Å². The third-order valence-corrected chi connectivity index (χ3v) is 2.69. The van der Waals surface area contributed by atoms with Gasteiger partial charge in [0.25, 0.3) is 0 Å². The molecular formula is C13H18F3N3O2. The SMILES string of the molecule is CC(C)(C)CC(CNc1ccc(C(F)(F)F)nn1)C(=O)O. The number of nitrogens with zero attached hydrogens (tertiary/aromatic N) is 2. The summed E-state index contributed by atoms with van der Waals surface area (Å²) in [7, 11) is 0. The maximum atomic E-state index is 12.3. The summed E-state index contributed by atoms with van der Waals surface area (Å²) < 4.78 is 37.0. The van der Waals surface area contributed by atoms with Crippen molar-refractivity contribution in [3.05, 3.63) is 17.8 Å². The van der Waals surface area contributed by atoms with Gasteiger partial charge in [0.1, 0.15) is 5.82 Å². The van der Waals surface area contributed by atoms with Crippen LogP contribution >= 0.6 is 0 Å². The van der Waals surface area contributed by atoms with Gasteiger partial charge >= 0.3 is 12.1 Å². The van der Waals surface area contributed by atoms with Crippen LogP contribution in [0.2, 0.25) is 0 Å². The van der Waals surface area contributed by atoms with Crippen LogP contribution in [0.15, 0.2) is 12.1 Å². The third-order valence-electron chi connectivity index (χ3n) is 2.69. The highest BCUT2D eigenvalue weighted by Gasteiger charge is 2.33. The predicted molar refractivity (Wildman–Crippen MR) is 70.7 cm³/mol. The topological polar surface area (TPSA) is 75.1 Å². The Morgan fingerprint density at radius 1 is 1.29 bits per heavy atom. The highest BCUT2D eigenvalue weighted by molar-refractivity contribution is 5.70. The Morgan fingerprint density at radius 2 is 1.90 bits per heavy atom. The van der Waals surface area contributed by atoms with Crippen molar-refractivity contribution in [2.75, 3.05) is 11.9 Å². The summed E-state index contributed by atoms with van der Waals surface area (Å²) >= 11 is 0. The molecule has 1 atom stereocenters. The summed E-state index contributed by atoms with van der Waals surface area (Å²) in [6, 6.07) is 1.93. The molecule has 2 N–H and O–H groups in total. The van der Waals surface area contributed by atoms with Crippen LogP contribution in [0.5, 0.6) is 0 Å². The highest BCUT2D eigenvalue weighted by Crippen LogP contribution is 2.27. The number of alkyl halides is 3. The molecule has 0 fully saturated rings. The second kappa shape index (κ2) is 6.28. The van der Waals surface area contributed by atoms with E-state index in [1.54, 1.807) is 0 Å². The van der Waals surface area contributed by atoms with Gasteiger partial charge in [-0.1, -0.05) is 20.8 Å². The first-order chi connectivity index (χ1) is 9.49. The highest BCUT2D eigenvalue weighted by atomic mass is 19.4. The third kappa shape index (κ3) is 5.97. The van der Waals surface area contributed by atoms with Crippen molar-refractivity contribution in [3.8, 4) is 0 Å². The number of carboxylic acid groups (broad SMARTS) is 1. The fourth-order valence-corrected chi connectivity index (χ4v) is 1.79. The molecule has 0 aromatic carbocycles. The van der Waals surface area contributed by atoms with Gasteiger partial charge in [-0.05, 0) is 24.0 Å². The van der Waals surface area contributed by atoms with Crippen LogP contribution in [-0.2, 0) is 11.0 Å². The number of carbonyl (C=O) groups is 1. The largest absolute Gasteiger partial charge is 0.481 e. The fourth-order valence-electron chi connectivity index (χ4n) is 1.79. The molecule has 1 aromatic rings. The average molecular weight is 305 g/mol. The number of rotatable bonds is 5. The minimum absolute atomic E-state index is 0.0760. The fraction of sp³-hybridized carbons (Fsp3) is 0.615. The lowest BCUT2D eigenvalue weighted by molar-refractivity contribution is -0.142. The average Bonchev–Trinajstić information content (AvgIpc) is 2.32. The van der Waals surface area contributed by atoms with Gasteiger partial charge in [0.15, 0.2) is 5.69 Å². The summed E-state index contributed by atoms with van der Waals surface area (Å²) in [5.41, 5.74) is -1.26. The summed E-state index contributed by atoms with van der Waals surface area (Å²) in [6.07, 6.45) is -4.11. The number of nitrogens with one attached hydrogen (secondary N) is 1. The smallest absolute Gasteiger partial charge is 0.435 e. The van der Waals surface area contributed by atoms with Crippen LogP contribution in [-0.4, -0.2) is 27.8 Å². The molecule has 118 valence electrons. The molecule has 1 heterocycles. The Morgan fingerprint density at radius 3 is 2.29 bits per heavy atom. The van der Waals surface area contributed by atoms with Gasteiger partial charge in [-0.2, -0.15) is 13.2 Å². The molecule has 0 spiro atoms. The summed E-state index contributed by atoms with van der Waals surface area (Å²) in [5, 5.41) is 18.3. The van der Waals surface area contributed by atoms with E-state index in [-0.39, 0.29) is 17.8 Å². The van der Waals surface area contributed by atoms with Gasteiger partial charge in [0, 0.05) is 6.54 Å².